The first-order valence-electron chi connectivity index (χ1n) is 6.91. The highest BCUT2D eigenvalue weighted by atomic mass is 15.5. The van der Waals surface area contributed by atoms with E-state index in [-0.39, 0.29) is 6.04 Å². The van der Waals surface area contributed by atoms with Crippen molar-refractivity contribution >= 4 is 0 Å². The first-order valence-corrected chi connectivity index (χ1v) is 6.91. The number of hydrogen-bond acceptors (Lipinski definition) is 3. The first kappa shape index (κ1) is 13.7. The van der Waals surface area contributed by atoms with Crippen molar-refractivity contribution in [1.82, 2.24) is 20.3 Å². The summed E-state index contributed by atoms with van der Waals surface area (Å²) in [5, 5.41) is 12.3. The molecule has 1 aromatic heterocycles. The fourth-order valence-electron chi connectivity index (χ4n) is 2.45. The molecule has 0 amide bonds. The number of aromatic nitrogens is 3. The predicted octanol–water partition coefficient (Wildman–Crippen LogP) is 2.96. The van der Waals surface area contributed by atoms with Gasteiger partial charge in [-0.2, -0.15) is 15.0 Å². The van der Waals surface area contributed by atoms with E-state index in [9.17, 15) is 0 Å². The van der Waals surface area contributed by atoms with Crippen LogP contribution in [0.15, 0.2) is 36.5 Å². The van der Waals surface area contributed by atoms with E-state index < -0.39 is 0 Å². The van der Waals surface area contributed by atoms with E-state index in [0.717, 1.165) is 11.4 Å². The summed E-state index contributed by atoms with van der Waals surface area (Å²) < 4.78 is 0. The van der Waals surface area contributed by atoms with Crippen LogP contribution >= 0.6 is 0 Å². The standard InChI is InChI=1S/C15H22N4/c1-4-8-12(2)15(16-3)14-11-17-19(18-14)13-9-6-5-7-10-13/h5-7,9-12,15-16H,4,8H2,1-3H3. The molecule has 2 aromatic rings. The van der Waals surface area contributed by atoms with Crippen LogP contribution in [0.4, 0.5) is 0 Å². The molecule has 1 N–H and O–H groups in total. The van der Waals surface area contributed by atoms with E-state index in [0.29, 0.717) is 5.92 Å². The van der Waals surface area contributed by atoms with Crippen molar-refractivity contribution in [2.45, 2.75) is 32.7 Å². The summed E-state index contributed by atoms with van der Waals surface area (Å²) in [6, 6.07) is 10.3. The van der Waals surface area contributed by atoms with Crippen molar-refractivity contribution in [3.05, 3.63) is 42.2 Å². The molecule has 1 heterocycles. The van der Waals surface area contributed by atoms with Gasteiger partial charge in [0.1, 0.15) is 5.69 Å². The number of nitrogens with zero attached hydrogens (tertiary/aromatic N) is 3. The highest BCUT2D eigenvalue weighted by Gasteiger charge is 2.20. The average Bonchev–Trinajstić information content (AvgIpc) is 2.90. The molecule has 0 spiro atoms. The van der Waals surface area contributed by atoms with Gasteiger partial charge >= 0.3 is 0 Å². The zero-order valence-electron chi connectivity index (χ0n) is 11.9. The Morgan fingerprint density at radius 3 is 2.63 bits per heavy atom. The van der Waals surface area contributed by atoms with Crippen LogP contribution in [0.2, 0.25) is 0 Å². The van der Waals surface area contributed by atoms with Gasteiger partial charge in [-0.25, -0.2) is 0 Å². The summed E-state index contributed by atoms with van der Waals surface area (Å²) in [4.78, 5) is 1.69. The molecule has 0 aliphatic carbocycles. The van der Waals surface area contributed by atoms with Gasteiger partial charge in [0.2, 0.25) is 0 Å². The second-order valence-corrected chi connectivity index (χ2v) is 4.93. The number of benzene rings is 1. The summed E-state index contributed by atoms with van der Waals surface area (Å²) in [6.45, 7) is 4.47. The molecule has 0 aliphatic rings. The second-order valence-electron chi connectivity index (χ2n) is 4.93. The molecule has 0 saturated heterocycles. The molecule has 0 radical (unpaired) electrons. The molecule has 2 atom stereocenters. The molecule has 0 bridgehead atoms. The topological polar surface area (TPSA) is 42.7 Å². The van der Waals surface area contributed by atoms with Crippen LogP contribution in [-0.4, -0.2) is 22.0 Å². The fraction of sp³-hybridized carbons (Fsp3) is 0.467. The van der Waals surface area contributed by atoms with Crippen molar-refractivity contribution in [3.63, 3.8) is 0 Å². The summed E-state index contributed by atoms with van der Waals surface area (Å²) >= 11 is 0. The Morgan fingerprint density at radius 1 is 1.26 bits per heavy atom. The van der Waals surface area contributed by atoms with Crippen LogP contribution in [0.1, 0.15) is 38.4 Å². The van der Waals surface area contributed by atoms with Crippen molar-refractivity contribution < 1.29 is 0 Å². The maximum atomic E-state index is 4.60. The van der Waals surface area contributed by atoms with E-state index in [4.69, 9.17) is 0 Å². The summed E-state index contributed by atoms with van der Waals surface area (Å²) in [5.74, 6) is 0.552. The quantitative estimate of drug-likeness (QED) is 0.866. The van der Waals surface area contributed by atoms with Gasteiger partial charge in [-0.15, -0.1) is 0 Å². The summed E-state index contributed by atoms with van der Waals surface area (Å²) in [7, 11) is 1.98. The molecule has 1 aromatic carbocycles. The van der Waals surface area contributed by atoms with Gasteiger partial charge < -0.3 is 5.32 Å². The Hall–Kier alpha value is -1.68. The van der Waals surface area contributed by atoms with Crippen LogP contribution in [0.25, 0.3) is 5.69 Å². The Kier molecular flexibility index (Phi) is 4.68. The largest absolute Gasteiger partial charge is 0.311 e. The number of hydrogen-bond donors (Lipinski definition) is 1. The van der Waals surface area contributed by atoms with E-state index in [2.05, 4.69) is 29.4 Å². The lowest BCUT2D eigenvalue weighted by atomic mass is 9.95. The normalized spacial score (nSPS) is 14.3. The third kappa shape index (κ3) is 3.20. The molecular weight excluding hydrogens is 236 g/mol. The van der Waals surface area contributed by atoms with Crippen molar-refractivity contribution in [2.24, 2.45) is 5.92 Å². The van der Waals surface area contributed by atoms with E-state index in [1.54, 1.807) is 4.80 Å². The summed E-state index contributed by atoms with van der Waals surface area (Å²) in [6.07, 6.45) is 4.23. The third-order valence-electron chi connectivity index (χ3n) is 3.44. The lowest BCUT2D eigenvalue weighted by Crippen LogP contribution is -2.24. The minimum absolute atomic E-state index is 0.261. The smallest absolute Gasteiger partial charge is 0.100 e. The molecule has 0 saturated carbocycles. The number of rotatable bonds is 6. The molecule has 0 fully saturated rings. The SMILES string of the molecule is CCCC(C)C(NC)c1cnn(-c2ccccc2)n1. The Bertz CT molecular complexity index is 492. The van der Waals surface area contributed by atoms with E-state index >= 15 is 0 Å². The van der Waals surface area contributed by atoms with Gasteiger partial charge in [0, 0.05) is 0 Å². The maximum absolute atomic E-state index is 4.60. The lowest BCUT2D eigenvalue weighted by Gasteiger charge is -2.20. The monoisotopic (exact) mass is 258 g/mol. The zero-order chi connectivity index (χ0) is 13.7. The molecular formula is C15H22N4. The van der Waals surface area contributed by atoms with Crippen LogP contribution in [0.5, 0.6) is 0 Å². The first-order chi connectivity index (χ1) is 9.26. The molecule has 0 aliphatic heterocycles. The Labute approximate surface area is 114 Å². The van der Waals surface area contributed by atoms with E-state index in [1.165, 1.54) is 12.8 Å². The van der Waals surface area contributed by atoms with Crippen LogP contribution in [-0.2, 0) is 0 Å². The maximum Gasteiger partial charge on any atom is 0.100 e. The molecule has 2 rings (SSSR count). The van der Waals surface area contributed by atoms with Crippen LogP contribution in [0.3, 0.4) is 0 Å². The second kappa shape index (κ2) is 6.48. The van der Waals surface area contributed by atoms with Crippen LogP contribution in [0, 0.1) is 5.92 Å². The molecule has 4 heteroatoms. The van der Waals surface area contributed by atoms with Crippen molar-refractivity contribution in [2.75, 3.05) is 7.05 Å². The minimum atomic E-state index is 0.261. The molecule has 2 unspecified atom stereocenters. The number of para-hydroxylation sites is 1. The molecule has 4 nitrogen and oxygen atoms in total. The zero-order valence-corrected chi connectivity index (χ0v) is 11.9. The minimum Gasteiger partial charge on any atom is -0.311 e. The predicted molar refractivity (Wildman–Crippen MR) is 77.2 cm³/mol. The third-order valence-corrected chi connectivity index (χ3v) is 3.44. The van der Waals surface area contributed by atoms with Gasteiger partial charge in [0.25, 0.3) is 0 Å². The summed E-state index contributed by atoms with van der Waals surface area (Å²) in [5.41, 5.74) is 2.00. The highest BCUT2D eigenvalue weighted by Crippen LogP contribution is 2.23. The molecule has 19 heavy (non-hydrogen) atoms. The van der Waals surface area contributed by atoms with E-state index in [1.807, 2.05) is 43.6 Å². The van der Waals surface area contributed by atoms with Gasteiger partial charge in [-0.05, 0) is 31.5 Å². The van der Waals surface area contributed by atoms with Gasteiger partial charge in [0.15, 0.2) is 0 Å². The van der Waals surface area contributed by atoms with Gasteiger partial charge in [0.05, 0.1) is 17.9 Å². The lowest BCUT2D eigenvalue weighted by molar-refractivity contribution is 0.375. The Morgan fingerprint density at radius 2 is 2.00 bits per heavy atom. The molecule has 102 valence electrons. The number of nitrogens with one attached hydrogen (secondary N) is 1. The van der Waals surface area contributed by atoms with Crippen LogP contribution < -0.4 is 5.32 Å². The van der Waals surface area contributed by atoms with Gasteiger partial charge in [-0.1, -0.05) is 38.5 Å². The Balaban J connectivity index is 2.20. The average molecular weight is 258 g/mol. The fourth-order valence-corrected chi connectivity index (χ4v) is 2.45. The van der Waals surface area contributed by atoms with Gasteiger partial charge in [-0.3, -0.25) is 0 Å². The van der Waals surface area contributed by atoms with Crippen molar-refractivity contribution in [3.8, 4) is 5.69 Å². The van der Waals surface area contributed by atoms with Crippen molar-refractivity contribution in [1.29, 1.82) is 0 Å². The highest BCUT2D eigenvalue weighted by molar-refractivity contribution is 5.28.